The molecule has 0 spiro atoms. The van der Waals surface area contributed by atoms with Crippen LogP contribution in [0.5, 0.6) is 0 Å². The van der Waals surface area contributed by atoms with E-state index >= 15 is 0 Å². The second-order valence-corrected chi connectivity index (χ2v) is 5.62. The van der Waals surface area contributed by atoms with E-state index in [4.69, 9.17) is 4.42 Å². The Morgan fingerprint density at radius 1 is 1.20 bits per heavy atom. The maximum atomic E-state index is 12.0. The largest absolute Gasteiger partial charge is 0.444 e. The highest BCUT2D eigenvalue weighted by Gasteiger charge is 2.15. The standard InChI is InChI=1S/C12H10N4O3S/c17-20(18,12-6-13-7-15-12)16-10-3-1-2-9(4-10)11-5-14-8-19-11/h1-8,16H,(H,13,15). The highest BCUT2D eigenvalue weighted by atomic mass is 32.2. The zero-order chi connectivity index (χ0) is 14.0. The lowest BCUT2D eigenvalue weighted by molar-refractivity contribution is 0.572. The van der Waals surface area contributed by atoms with E-state index in [-0.39, 0.29) is 5.03 Å². The van der Waals surface area contributed by atoms with Crippen molar-refractivity contribution >= 4 is 15.7 Å². The lowest BCUT2D eigenvalue weighted by Crippen LogP contribution is -2.13. The molecule has 0 radical (unpaired) electrons. The third kappa shape index (κ3) is 2.41. The van der Waals surface area contributed by atoms with Crippen molar-refractivity contribution in [1.82, 2.24) is 15.0 Å². The molecule has 0 unspecified atom stereocenters. The van der Waals surface area contributed by atoms with Crippen molar-refractivity contribution in [2.24, 2.45) is 0 Å². The van der Waals surface area contributed by atoms with Crippen LogP contribution in [0.1, 0.15) is 0 Å². The summed E-state index contributed by atoms with van der Waals surface area (Å²) in [5.74, 6) is 0.563. The molecule has 0 aliphatic rings. The van der Waals surface area contributed by atoms with E-state index in [0.717, 1.165) is 5.56 Å². The minimum Gasteiger partial charge on any atom is -0.444 e. The maximum Gasteiger partial charge on any atom is 0.278 e. The van der Waals surface area contributed by atoms with Crippen LogP contribution < -0.4 is 4.72 Å². The third-order valence-corrected chi connectivity index (χ3v) is 3.90. The van der Waals surface area contributed by atoms with E-state index in [1.807, 2.05) is 0 Å². The van der Waals surface area contributed by atoms with Crippen LogP contribution in [0.2, 0.25) is 0 Å². The number of anilines is 1. The van der Waals surface area contributed by atoms with Crippen molar-refractivity contribution in [3.8, 4) is 11.3 Å². The van der Waals surface area contributed by atoms with Gasteiger partial charge in [0, 0.05) is 11.3 Å². The summed E-state index contributed by atoms with van der Waals surface area (Å²) < 4.78 is 31.7. The Kier molecular flexibility index (Phi) is 2.99. The summed E-state index contributed by atoms with van der Waals surface area (Å²) in [6.07, 6.45) is 5.42. The summed E-state index contributed by atoms with van der Waals surface area (Å²) in [5.41, 5.74) is 1.15. The Hall–Kier alpha value is -2.61. The number of aromatic nitrogens is 3. The lowest BCUT2D eigenvalue weighted by atomic mass is 10.2. The van der Waals surface area contributed by atoms with Crippen molar-refractivity contribution in [2.75, 3.05) is 4.72 Å². The summed E-state index contributed by atoms with van der Waals surface area (Å²) in [4.78, 5) is 10.1. The maximum absolute atomic E-state index is 12.0. The van der Waals surface area contributed by atoms with E-state index in [9.17, 15) is 8.42 Å². The van der Waals surface area contributed by atoms with Crippen molar-refractivity contribution in [3.05, 3.63) is 49.4 Å². The second kappa shape index (κ2) is 4.82. The molecule has 7 nitrogen and oxygen atoms in total. The average Bonchev–Trinajstić information content (AvgIpc) is 3.12. The third-order valence-electron chi connectivity index (χ3n) is 2.59. The Morgan fingerprint density at radius 3 is 2.80 bits per heavy atom. The van der Waals surface area contributed by atoms with Gasteiger partial charge < -0.3 is 9.40 Å². The number of nitrogens with one attached hydrogen (secondary N) is 2. The molecule has 0 atom stereocenters. The quantitative estimate of drug-likeness (QED) is 0.763. The molecule has 8 heteroatoms. The van der Waals surface area contributed by atoms with Crippen LogP contribution in [-0.4, -0.2) is 23.4 Å². The number of H-pyrrole nitrogens is 1. The van der Waals surface area contributed by atoms with Crippen LogP contribution in [0, 0.1) is 0 Å². The summed E-state index contributed by atoms with van der Waals surface area (Å²) in [6, 6.07) is 6.83. The predicted molar refractivity (Wildman–Crippen MR) is 71.3 cm³/mol. The van der Waals surface area contributed by atoms with Crippen LogP contribution in [0.3, 0.4) is 0 Å². The van der Waals surface area contributed by atoms with Gasteiger partial charge in [0.25, 0.3) is 10.0 Å². The molecule has 0 amide bonds. The number of hydrogen-bond donors (Lipinski definition) is 2. The first kappa shape index (κ1) is 12.4. The van der Waals surface area contributed by atoms with Crippen molar-refractivity contribution in [1.29, 1.82) is 0 Å². The van der Waals surface area contributed by atoms with Crippen molar-refractivity contribution in [3.63, 3.8) is 0 Å². The van der Waals surface area contributed by atoms with E-state index < -0.39 is 10.0 Å². The smallest absolute Gasteiger partial charge is 0.278 e. The average molecular weight is 290 g/mol. The zero-order valence-electron chi connectivity index (χ0n) is 10.1. The Balaban J connectivity index is 1.91. The summed E-state index contributed by atoms with van der Waals surface area (Å²) in [7, 11) is -3.67. The van der Waals surface area contributed by atoms with Gasteiger partial charge in [-0.25, -0.2) is 9.97 Å². The van der Waals surface area contributed by atoms with Gasteiger partial charge in [-0.1, -0.05) is 12.1 Å². The van der Waals surface area contributed by atoms with Gasteiger partial charge in [0.2, 0.25) is 0 Å². The molecule has 20 heavy (non-hydrogen) atoms. The fraction of sp³-hybridized carbons (Fsp3) is 0. The highest BCUT2D eigenvalue weighted by Crippen LogP contribution is 2.23. The molecule has 2 heterocycles. The Morgan fingerprint density at radius 2 is 2.10 bits per heavy atom. The molecule has 0 aliphatic carbocycles. The van der Waals surface area contributed by atoms with Crippen LogP contribution in [0.25, 0.3) is 11.3 Å². The van der Waals surface area contributed by atoms with Gasteiger partial charge in [-0.15, -0.1) is 0 Å². The monoisotopic (exact) mass is 290 g/mol. The van der Waals surface area contributed by atoms with Gasteiger partial charge in [0.1, 0.15) is 0 Å². The number of hydrogen-bond acceptors (Lipinski definition) is 5. The number of aromatic amines is 1. The fourth-order valence-electron chi connectivity index (χ4n) is 1.69. The number of sulfonamides is 1. The highest BCUT2D eigenvalue weighted by molar-refractivity contribution is 7.92. The first-order valence-corrected chi connectivity index (χ1v) is 7.13. The lowest BCUT2D eigenvalue weighted by Gasteiger charge is -2.07. The van der Waals surface area contributed by atoms with E-state index in [1.165, 1.54) is 18.9 Å². The minimum absolute atomic E-state index is 0.00238. The molecule has 0 aliphatic heterocycles. The molecule has 102 valence electrons. The summed E-state index contributed by atoms with van der Waals surface area (Å²) in [6.45, 7) is 0. The molecule has 3 rings (SSSR count). The molecule has 1 aromatic carbocycles. The SMILES string of the molecule is O=S(=O)(Nc1cccc(-c2cnco2)c1)c1cnc[nH]1. The molecule has 0 saturated heterocycles. The molecule has 0 saturated carbocycles. The van der Waals surface area contributed by atoms with E-state index in [2.05, 4.69) is 19.7 Å². The van der Waals surface area contributed by atoms with Gasteiger partial charge in [-0.05, 0) is 12.1 Å². The molecule has 2 aromatic heterocycles. The van der Waals surface area contributed by atoms with Gasteiger partial charge in [0.05, 0.1) is 18.7 Å². The second-order valence-electron chi connectivity index (χ2n) is 3.97. The van der Waals surface area contributed by atoms with Crippen LogP contribution in [0.15, 0.2) is 58.8 Å². The first-order chi connectivity index (χ1) is 9.65. The molecular formula is C12H10N4O3S. The number of nitrogens with zero attached hydrogens (tertiary/aromatic N) is 2. The van der Waals surface area contributed by atoms with E-state index in [0.29, 0.717) is 11.4 Å². The molecule has 3 aromatic rings. The predicted octanol–water partition coefficient (Wildman–Crippen LogP) is 1.87. The minimum atomic E-state index is -3.67. The van der Waals surface area contributed by atoms with E-state index in [1.54, 1.807) is 30.5 Å². The van der Waals surface area contributed by atoms with Gasteiger partial charge in [-0.2, -0.15) is 8.42 Å². The number of imidazole rings is 1. The Bertz CT molecular complexity index is 795. The summed E-state index contributed by atoms with van der Waals surface area (Å²) in [5, 5.41) is 0.00238. The molecule has 0 fully saturated rings. The summed E-state index contributed by atoms with van der Waals surface area (Å²) >= 11 is 0. The van der Waals surface area contributed by atoms with Crippen LogP contribution in [0.4, 0.5) is 5.69 Å². The Labute approximate surface area is 114 Å². The van der Waals surface area contributed by atoms with Gasteiger partial charge >= 0.3 is 0 Å². The van der Waals surface area contributed by atoms with Crippen LogP contribution in [-0.2, 0) is 10.0 Å². The topological polar surface area (TPSA) is 101 Å². The van der Waals surface area contributed by atoms with Crippen molar-refractivity contribution < 1.29 is 12.8 Å². The number of benzene rings is 1. The molecular weight excluding hydrogens is 280 g/mol. The zero-order valence-corrected chi connectivity index (χ0v) is 11.0. The van der Waals surface area contributed by atoms with Gasteiger partial charge in [-0.3, -0.25) is 4.72 Å². The van der Waals surface area contributed by atoms with Crippen molar-refractivity contribution in [2.45, 2.75) is 5.03 Å². The molecule has 0 bridgehead atoms. The fourth-order valence-corrected chi connectivity index (χ4v) is 2.65. The number of oxazole rings is 1. The molecule has 2 N–H and O–H groups in total. The number of rotatable bonds is 4. The van der Waals surface area contributed by atoms with Gasteiger partial charge in [0.15, 0.2) is 17.2 Å². The van der Waals surface area contributed by atoms with Crippen LogP contribution >= 0.6 is 0 Å². The normalized spacial score (nSPS) is 11.4. The first-order valence-electron chi connectivity index (χ1n) is 5.65.